The van der Waals surface area contributed by atoms with Gasteiger partial charge in [-0.1, -0.05) is 30.3 Å². The number of rotatable bonds is 5. The quantitative estimate of drug-likeness (QED) is 0.814. The fourth-order valence-electron chi connectivity index (χ4n) is 3.12. The van der Waals surface area contributed by atoms with Crippen molar-refractivity contribution < 1.29 is 22.7 Å². The number of H-pyrrole nitrogens is 1. The van der Waals surface area contributed by atoms with Crippen LogP contribution < -0.4 is 10.9 Å². The summed E-state index contributed by atoms with van der Waals surface area (Å²) in [7, 11) is 0. The van der Waals surface area contributed by atoms with E-state index in [0.717, 1.165) is 5.56 Å². The van der Waals surface area contributed by atoms with Gasteiger partial charge in [-0.2, -0.15) is 13.2 Å². The number of aromatic nitrogens is 1. The van der Waals surface area contributed by atoms with Crippen LogP contribution in [0.15, 0.2) is 47.4 Å². The van der Waals surface area contributed by atoms with Crippen molar-refractivity contribution in [2.45, 2.75) is 12.2 Å². The number of morpholine rings is 1. The smallest absolute Gasteiger partial charge is 0.379 e. The second kappa shape index (κ2) is 8.57. The number of ether oxygens (including phenoxy) is 1. The van der Waals surface area contributed by atoms with Crippen molar-refractivity contribution >= 4 is 5.91 Å². The average Bonchev–Trinajstić information content (AvgIpc) is 2.69. The van der Waals surface area contributed by atoms with Crippen molar-refractivity contribution in [1.82, 2.24) is 15.2 Å². The molecule has 0 bridgehead atoms. The molecule has 1 unspecified atom stereocenters. The summed E-state index contributed by atoms with van der Waals surface area (Å²) in [5, 5.41) is 2.61. The molecule has 2 N–H and O–H groups in total. The van der Waals surface area contributed by atoms with E-state index in [-0.39, 0.29) is 12.6 Å². The summed E-state index contributed by atoms with van der Waals surface area (Å²) in [5.41, 5.74) is -1.55. The zero-order valence-corrected chi connectivity index (χ0v) is 15.0. The molecule has 6 nitrogen and oxygen atoms in total. The first-order valence-electron chi connectivity index (χ1n) is 8.81. The summed E-state index contributed by atoms with van der Waals surface area (Å²) in [5.74, 6) is -0.846. The van der Waals surface area contributed by atoms with Crippen LogP contribution in [0.1, 0.15) is 27.5 Å². The summed E-state index contributed by atoms with van der Waals surface area (Å²) in [6.07, 6.45) is -4.10. The van der Waals surface area contributed by atoms with Gasteiger partial charge in [-0.15, -0.1) is 0 Å². The number of aromatic amines is 1. The Balaban J connectivity index is 1.78. The minimum Gasteiger partial charge on any atom is -0.379 e. The fraction of sp³-hybridized carbons (Fsp3) is 0.368. The van der Waals surface area contributed by atoms with Crippen LogP contribution in [0.4, 0.5) is 13.2 Å². The number of halogens is 3. The molecule has 1 atom stereocenters. The predicted molar refractivity (Wildman–Crippen MR) is 96.0 cm³/mol. The van der Waals surface area contributed by atoms with Gasteiger partial charge in [-0.3, -0.25) is 14.5 Å². The van der Waals surface area contributed by atoms with Gasteiger partial charge in [0.05, 0.1) is 24.8 Å². The van der Waals surface area contributed by atoms with Crippen LogP contribution in [0, 0.1) is 0 Å². The Bertz CT molecular complexity index is 862. The number of carbonyl (C=O) groups excluding carboxylic acids is 1. The molecule has 0 spiro atoms. The molecule has 1 aliphatic heterocycles. The van der Waals surface area contributed by atoms with E-state index in [1.54, 1.807) is 0 Å². The van der Waals surface area contributed by atoms with Gasteiger partial charge in [-0.05, 0) is 11.6 Å². The lowest BCUT2D eigenvalue weighted by molar-refractivity contribution is -0.137. The minimum atomic E-state index is -4.65. The number of hydrogen-bond donors (Lipinski definition) is 2. The van der Waals surface area contributed by atoms with E-state index in [1.165, 1.54) is 0 Å². The van der Waals surface area contributed by atoms with E-state index in [9.17, 15) is 22.8 Å². The summed E-state index contributed by atoms with van der Waals surface area (Å²) in [4.78, 5) is 28.4. The second-order valence-corrected chi connectivity index (χ2v) is 6.41. The van der Waals surface area contributed by atoms with Gasteiger partial charge in [0.25, 0.3) is 11.5 Å². The van der Waals surface area contributed by atoms with E-state index in [2.05, 4.69) is 10.2 Å². The number of amides is 1. The molecule has 1 fully saturated rings. The molecular weight excluding hydrogens is 375 g/mol. The predicted octanol–water partition coefficient (Wildman–Crippen LogP) is 2.20. The standard InChI is InChI=1S/C19H20F3N3O3/c20-19(21,22)14-10-15(17(26)23-11-14)18(27)24-12-16(13-4-2-1-3-5-13)25-6-8-28-9-7-25/h1-5,10-11,16H,6-9,12H2,(H,23,26)(H,24,27). The Kier molecular flexibility index (Phi) is 6.15. The summed E-state index contributed by atoms with van der Waals surface area (Å²) in [6.45, 7) is 2.60. The number of alkyl halides is 3. The van der Waals surface area contributed by atoms with Gasteiger partial charge in [0.15, 0.2) is 0 Å². The molecule has 0 radical (unpaired) electrons. The Morgan fingerprint density at radius 1 is 1.21 bits per heavy atom. The number of carbonyl (C=O) groups is 1. The SMILES string of the molecule is O=C(NCC(c1ccccc1)N1CCOCC1)c1cc(C(F)(F)F)c[nH]c1=O. The van der Waals surface area contributed by atoms with Gasteiger partial charge in [0.1, 0.15) is 5.56 Å². The average molecular weight is 395 g/mol. The van der Waals surface area contributed by atoms with Crippen LogP contribution in [-0.4, -0.2) is 48.6 Å². The van der Waals surface area contributed by atoms with Crippen LogP contribution in [0.3, 0.4) is 0 Å². The lowest BCUT2D eigenvalue weighted by Crippen LogP contribution is -2.44. The van der Waals surface area contributed by atoms with Crippen molar-refractivity contribution in [3.8, 4) is 0 Å². The van der Waals surface area contributed by atoms with Crippen LogP contribution in [0.5, 0.6) is 0 Å². The Labute approximate surface area is 159 Å². The highest BCUT2D eigenvalue weighted by Crippen LogP contribution is 2.28. The second-order valence-electron chi connectivity index (χ2n) is 6.41. The zero-order chi connectivity index (χ0) is 20.1. The maximum atomic E-state index is 12.9. The van der Waals surface area contributed by atoms with Crippen LogP contribution in [0.25, 0.3) is 0 Å². The van der Waals surface area contributed by atoms with E-state index >= 15 is 0 Å². The van der Waals surface area contributed by atoms with Gasteiger partial charge in [0, 0.05) is 25.8 Å². The third-order valence-electron chi connectivity index (χ3n) is 4.60. The molecule has 3 rings (SSSR count). The third kappa shape index (κ3) is 4.79. The van der Waals surface area contributed by atoms with Crippen molar-refractivity contribution in [3.63, 3.8) is 0 Å². The molecular formula is C19H20F3N3O3. The van der Waals surface area contributed by atoms with Crippen molar-refractivity contribution in [1.29, 1.82) is 0 Å². The van der Waals surface area contributed by atoms with E-state index in [1.807, 2.05) is 35.3 Å². The lowest BCUT2D eigenvalue weighted by atomic mass is 10.0. The van der Waals surface area contributed by atoms with E-state index < -0.39 is 28.8 Å². The highest BCUT2D eigenvalue weighted by atomic mass is 19.4. The molecule has 1 saturated heterocycles. The summed E-state index contributed by atoms with van der Waals surface area (Å²) in [6, 6.07) is 9.86. The number of nitrogens with one attached hydrogen (secondary N) is 2. The molecule has 28 heavy (non-hydrogen) atoms. The molecule has 1 aromatic carbocycles. The van der Waals surface area contributed by atoms with Crippen LogP contribution in [0.2, 0.25) is 0 Å². The first kappa shape index (κ1) is 20.1. The van der Waals surface area contributed by atoms with E-state index in [4.69, 9.17) is 4.74 Å². The number of nitrogens with zero attached hydrogens (tertiary/aromatic N) is 1. The topological polar surface area (TPSA) is 74.4 Å². The van der Waals surface area contributed by atoms with Gasteiger partial charge >= 0.3 is 6.18 Å². The lowest BCUT2D eigenvalue weighted by Gasteiger charge is -2.34. The molecule has 1 aliphatic rings. The fourth-order valence-corrected chi connectivity index (χ4v) is 3.12. The van der Waals surface area contributed by atoms with Gasteiger partial charge in [-0.25, -0.2) is 0 Å². The maximum Gasteiger partial charge on any atom is 0.417 e. The Morgan fingerprint density at radius 3 is 2.54 bits per heavy atom. The number of benzene rings is 1. The first-order chi connectivity index (χ1) is 13.4. The molecule has 0 aliphatic carbocycles. The van der Waals surface area contributed by atoms with Crippen LogP contribution in [-0.2, 0) is 10.9 Å². The molecule has 2 aromatic rings. The molecule has 0 saturated carbocycles. The Morgan fingerprint density at radius 2 is 1.89 bits per heavy atom. The van der Waals surface area contributed by atoms with Crippen molar-refractivity contribution in [2.24, 2.45) is 0 Å². The minimum absolute atomic E-state index is 0.151. The van der Waals surface area contributed by atoms with Gasteiger partial charge < -0.3 is 15.0 Å². The van der Waals surface area contributed by atoms with Crippen molar-refractivity contribution in [3.05, 3.63) is 69.6 Å². The first-order valence-corrected chi connectivity index (χ1v) is 8.81. The highest BCUT2D eigenvalue weighted by molar-refractivity contribution is 5.94. The number of hydrogen-bond acceptors (Lipinski definition) is 4. The monoisotopic (exact) mass is 395 g/mol. The molecule has 1 amide bonds. The van der Waals surface area contributed by atoms with Crippen molar-refractivity contribution in [2.75, 3.05) is 32.8 Å². The normalized spacial score (nSPS) is 16.5. The molecule has 9 heteroatoms. The summed E-state index contributed by atoms with van der Waals surface area (Å²) < 4.78 is 44.0. The zero-order valence-electron chi connectivity index (χ0n) is 15.0. The molecule has 150 valence electrons. The van der Waals surface area contributed by atoms with E-state index in [0.29, 0.717) is 38.6 Å². The number of pyridine rings is 1. The van der Waals surface area contributed by atoms with Crippen LogP contribution >= 0.6 is 0 Å². The maximum absolute atomic E-state index is 12.9. The molecule has 2 heterocycles. The highest BCUT2D eigenvalue weighted by Gasteiger charge is 2.32. The largest absolute Gasteiger partial charge is 0.417 e. The Hall–Kier alpha value is -2.65. The molecule has 1 aromatic heterocycles. The van der Waals surface area contributed by atoms with Gasteiger partial charge in [0.2, 0.25) is 0 Å². The third-order valence-corrected chi connectivity index (χ3v) is 4.60. The summed E-state index contributed by atoms with van der Waals surface area (Å²) >= 11 is 0.